The number of carbonyl (C=O) groups excluding carboxylic acids is 1. The molecule has 0 saturated carbocycles. The lowest BCUT2D eigenvalue weighted by Crippen LogP contribution is -2.44. The first-order valence-electron chi connectivity index (χ1n) is 7.95. The van der Waals surface area contributed by atoms with Crippen molar-refractivity contribution < 1.29 is 9.53 Å². The largest absolute Gasteiger partial charge is 0.493 e. The second-order valence-corrected chi connectivity index (χ2v) is 5.47. The third-order valence-electron chi connectivity index (χ3n) is 4.03. The number of amides is 1. The standard InChI is InChI=1S/C17H26N2O2/c1-3-21-16-10-5-4-9-15(16)17(20)19-13-7-6-8-14(19)11-12-18-2/h4-5,9-10,14,18H,3,6-8,11-13H2,1-2H3. The highest BCUT2D eigenvalue weighted by molar-refractivity contribution is 5.97. The number of benzene rings is 1. The number of likely N-dealkylation sites (tertiary alicyclic amines) is 1. The Kier molecular flexibility index (Phi) is 6.05. The highest BCUT2D eigenvalue weighted by Gasteiger charge is 2.28. The summed E-state index contributed by atoms with van der Waals surface area (Å²) in [5.74, 6) is 0.808. The molecule has 1 aromatic carbocycles. The van der Waals surface area contributed by atoms with Crippen molar-refractivity contribution in [2.75, 3.05) is 26.7 Å². The molecular formula is C17H26N2O2. The average molecular weight is 290 g/mol. The van der Waals surface area contributed by atoms with Crippen molar-refractivity contribution in [3.8, 4) is 5.75 Å². The predicted octanol–water partition coefficient (Wildman–Crippen LogP) is 2.69. The first-order valence-corrected chi connectivity index (χ1v) is 7.95. The summed E-state index contributed by atoms with van der Waals surface area (Å²) in [6.45, 7) is 4.32. The summed E-state index contributed by atoms with van der Waals surface area (Å²) in [7, 11) is 1.96. The minimum Gasteiger partial charge on any atom is -0.493 e. The quantitative estimate of drug-likeness (QED) is 0.876. The van der Waals surface area contributed by atoms with Gasteiger partial charge in [0.15, 0.2) is 0 Å². The fraction of sp³-hybridized carbons (Fsp3) is 0.588. The first kappa shape index (κ1) is 15.8. The normalized spacial score (nSPS) is 18.6. The molecule has 1 aliphatic heterocycles. The minimum atomic E-state index is 0.111. The summed E-state index contributed by atoms with van der Waals surface area (Å²) in [5, 5.41) is 3.18. The number of nitrogens with one attached hydrogen (secondary N) is 1. The van der Waals surface area contributed by atoms with Crippen molar-refractivity contribution in [1.29, 1.82) is 0 Å². The molecule has 1 aliphatic rings. The van der Waals surface area contributed by atoms with Crippen LogP contribution in [0.2, 0.25) is 0 Å². The molecule has 1 heterocycles. The number of hydrogen-bond donors (Lipinski definition) is 1. The van der Waals surface area contributed by atoms with Crippen LogP contribution in [-0.2, 0) is 0 Å². The molecule has 1 atom stereocenters. The van der Waals surface area contributed by atoms with Gasteiger partial charge in [-0.3, -0.25) is 4.79 Å². The summed E-state index contributed by atoms with van der Waals surface area (Å²) in [4.78, 5) is 14.9. The summed E-state index contributed by atoms with van der Waals surface area (Å²) in [5.41, 5.74) is 0.690. The third-order valence-corrected chi connectivity index (χ3v) is 4.03. The Morgan fingerprint density at radius 2 is 2.19 bits per heavy atom. The van der Waals surface area contributed by atoms with Gasteiger partial charge in [0.05, 0.1) is 12.2 Å². The fourth-order valence-corrected chi connectivity index (χ4v) is 2.96. The Morgan fingerprint density at radius 1 is 1.38 bits per heavy atom. The van der Waals surface area contributed by atoms with Gasteiger partial charge in [0, 0.05) is 12.6 Å². The Bertz CT molecular complexity index is 462. The molecule has 0 bridgehead atoms. The van der Waals surface area contributed by atoms with Crippen molar-refractivity contribution in [2.45, 2.75) is 38.6 Å². The number of ether oxygens (including phenoxy) is 1. The molecule has 116 valence electrons. The second kappa shape index (κ2) is 8.03. The van der Waals surface area contributed by atoms with Gasteiger partial charge in [0.25, 0.3) is 5.91 Å². The second-order valence-electron chi connectivity index (χ2n) is 5.47. The van der Waals surface area contributed by atoms with Crippen LogP contribution in [-0.4, -0.2) is 43.6 Å². The van der Waals surface area contributed by atoms with Crippen molar-refractivity contribution >= 4 is 5.91 Å². The number of carbonyl (C=O) groups is 1. The van der Waals surface area contributed by atoms with Crippen LogP contribution in [0.5, 0.6) is 5.75 Å². The van der Waals surface area contributed by atoms with E-state index in [1.807, 2.05) is 43.1 Å². The molecule has 1 N–H and O–H groups in total. The molecular weight excluding hydrogens is 264 g/mol. The first-order chi connectivity index (χ1) is 10.3. The third kappa shape index (κ3) is 3.97. The lowest BCUT2D eigenvalue weighted by Gasteiger charge is -2.36. The molecule has 1 saturated heterocycles. The van der Waals surface area contributed by atoms with Gasteiger partial charge in [0.2, 0.25) is 0 Å². The molecule has 0 aromatic heterocycles. The topological polar surface area (TPSA) is 41.6 Å². The van der Waals surface area contributed by atoms with Crippen LogP contribution in [0.25, 0.3) is 0 Å². The van der Waals surface area contributed by atoms with E-state index in [0.717, 1.165) is 32.4 Å². The fourth-order valence-electron chi connectivity index (χ4n) is 2.96. The van der Waals surface area contributed by atoms with Crippen molar-refractivity contribution in [2.24, 2.45) is 0 Å². The van der Waals surface area contributed by atoms with Crippen LogP contribution < -0.4 is 10.1 Å². The molecule has 1 fully saturated rings. The Hall–Kier alpha value is -1.55. The lowest BCUT2D eigenvalue weighted by atomic mass is 9.98. The average Bonchev–Trinajstić information content (AvgIpc) is 2.53. The van der Waals surface area contributed by atoms with E-state index in [-0.39, 0.29) is 5.91 Å². The van der Waals surface area contributed by atoms with E-state index < -0.39 is 0 Å². The van der Waals surface area contributed by atoms with Gasteiger partial charge in [0.1, 0.15) is 5.75 Å². The van der Waals surface area contributed by atoms with Crippen molar-refractivity contribution in [3.05, 3.63) is 29.8 Å². The van der Waals surface area contributed by atoms with Crippen LogP contribution in [0.3, 0.4) is 0 Å². The molecule has 0 aliphatic carbocycles. The van der Waals surface area contributed by atoms with E-state index in [2.05, 4.69) is 5.32 Å². The zero-order valence-electron chi connectivity index (χ0n) is 13.1. The zero-order valence-corrected chi connectivity index (χ0v) is 13.1. The number of piperidine rings is 1. The Labute approximate surface area is 127 Å². The van der Waals surface area contributed by atoms with Gasteiger partial charge in [-0.05, 0) is 58.3 Å². The maximum atomic E-state index is 12.9. The molecule has 1 unspecified atom stereocenters. The zero-order chi connectivity index (χ0) is 15.1. The Balaban J connectivity index is 2.16. The summed E-state index contributed by atoms with van der Waals surface area (Å²) >= 11 is 0. The van der Waals surface area contributed by atoms with Crippen LogP contribution in [0, 0.1) is 0 Å². The van der Waals surface area contributed by atoms with Crippen LogP contribution in [0.4, 0.5) is 0 Å². The molecule has 21 heavy (non-hydrogen) atoms. The molecule has 4 heteroatoms. The van der Waals surface area contributed by atoms with Gasteiger partial charge in [-0.25, -0.2) is 0 Å². The molecule has 0 radical (unpaired) electrons. The number of rotatable bonds is 6. The highest BCUT2D eigenvalue weighted by Crippen LogP contribution is 2.25. The van der Waals surface area contributed by atoms with E-state index in [9.17, 15) is 4.79 Å². The van der Waals surface area contributed by atoms with Gasteiger partial charge in [-0.1, -0.05) is 12.1 Å². The molecule has 4 nitrogen and oxygen atoms in total. The SMILES string of the molecule is CCOc1ccccc1C(=O)N1CCCCC1CCNC. The molecule has 1 amide bonds. The smallest absolute Gasteiger partial charge is 0.257 e. The maximum absolute atomic E-state index is 12.9. The van der Waals surface area contributed by atoms with E-state index in [4.69, 9.17) is 4.74 Å². The summed E-state index contributed by atoms with van der Waals surface area (Å²) in [6.07, 6.45) is 4.42. The molecule has 1 aromatic rings. The van der Waals surface area contributed by atoms with Gasteiger partial charge in [-0.15, -0.1) is 0 Å². The lowest BCUT2D eigenvalue weighted by molar-refractivity contribution is 0.0598. The van der Waals surface area contributed by atoms with Crippen LogP contribution in [0.15, 0.2) is 24.3 Å². The maximum Gasteiger partial charge on any atom is 0.257 e. The van der Waals surface area contributed by atoms with Gasteiger partial charge < -0.3 is 15.0 Å². The number of para-hydroxylation sites is 1. The van der Waals surface area contributed by atoms with Gasteiger partial charge >= 0.3 is 0 Å². The van der Waals surface area contributed by atoms with Crippen molar-refractivity contribution in [3.63, 3.8) is 0 Å². The van der Waals surface area contributed by atoms with E-state index in [1.165, 1.54) is 6.42 Å². The molecule has 2 rings (SSSR count). The van der Waals surface area contributed by atoms with Gasteiger partial charge in [-0.2, -0.15) is 0 Å². The van der Waals surface area contributed by atoms with Crippen LogP contribution in [0.1, 0.15) is 43.0 Å². The molecule has 0 spiro atoms. The number of nitrogens with zero attached hydrogens (tertiary/aromatic N) is 1. The number of hydrogen-bond acceptors (Lipinski definition) is 3. The van der Waals surface area contributed by atoms with Crippen LogP contribution >= 0.6 is 0 Å². The van der Waals surface area contributed by atoms with E-state index in [0.29, 0.717) is 24.0 Å². The van der Waals surface area contributed by atoms with E-state index >= 15 is 0 Å². The monoisotopic (exact) mass is 290 g/mol. The summed E-state index contributed by atoms with van der Waals surface area (Å²) in [6, 6.07) is 7.91. The van der Waals surface area contributed by atoms with Crippen molar-refractivity contribution in [1.82, 2.24) is 10.2 Å². The van der Waals surface area contributed by atoms with E-state index in [1.54, 1.807) is 0 Å². The predicted molar refractivity (Wildman–Crippen MR) is 84.8 cm³/mol. The summed E-state index contributed by atoms with van der Waals surface area (Å²) < 4.78 is 5.61. The Morgan fingerprint density at radius 3 is 2.95 bits per heavy atom. The highest BCUT2D eigenvalue weighted by atomic mass is 16.5. The minimum absolute atomic E-state index is 0.111.